The van der Waals surface area contributed by atoms with Gasteiger partial charge in [0.1, 0.15) is 12.0 Å². The summed E-state index contributed by atoms with van der Waals surface area (Å²) in [6.45, 7) is 6.96. The van der Waals surface area contributed by atoms with Crippen molar-refractivity contribution in [3.8, 4) is 11.5 Å². The van der Waals surface area contributed by atoms with E-state index in [1.54, 1.807) is 25.1 Å². The van der Waals surface area contributed by atoms with Gasteiger partial charge in [-0.15, -0.1) is 5.10 Å². The van der Waals surface area contributed by atoms with Gasteiger partial charge in [-0.25, -0.2) is 14.5 Å². The van der Waals surface area contributed by atoms with Crippen LogP contribution in [-0.4, -0.2) is 44.1 Å². The Morgan fingerprint density at radius 1 is 0.972 bits per heavy atom. The van der Waals surface area contributed by atoms with Gasteiger partial charge in [0, 0.05) is 17.8 Å². The van der Waals surface area contributed by atoms with E-state index in [0.29, 0.717) is 23.0 Å². The molecule has 9 nitrogen and oxygen atoms in total. The fraction of sp³-hybridized carbons (Fsp3) is 0.259. The van der Waals surface area contributed by atoms with Crippen LogP contribution >= 0.6 is 0 Å². The molecule has 0 aliphatic heterocycles. The minimum atomic E-state index is 0.135. The molecule has 0 spiro atoms. The number of hydrogen-bond donors (Lipinski definition) is 0. The Balaban J connectivity index is 1.40. The maximum Gasteiger partial charge on any atom is 0.192 e. The molecule has 0 atom stereocenters. The summed E-state index contributed by atoms with van der Waals surface area (Å²) in [6, 6.07) is 16.0. The first-order chi connectivity index (χ1) is 17.5. The van der Waals surface area contributed by atoms with Crippen LogP contribution in [0.25, 0.3) is 16.7 Å². The normalized spacial score (nSPS) is 11.9. The number of nitrogens with zero attached hydrogens (tertiary/aromatic N) is 6. The number of aromatic nitrogens is 5. The maximum atomic E-state index is 5.60. The average Bonchev–Trinajstić information content (AvgIpc) is 3.42. The van der Waals surface area contributed by atoms with Crippen LogP contribution in [0.15, 0.2) is 60.0 Å². The van der Waals surface area contributed by atoms with Crippen LogP contribution in [0.1, 0.15) is 35.1 Å². The summed E-state index contributed by atoms with van der Waals surface area (Å²) in [6.07, 6.45) is 1.70. The van der Waals surface area contributed by atoms with Gasteiger partial charge in [-0.2, -0.15) is 0 Å². The third-order valence-electron chi connectivity index (χ3n) is 6.37. The lowest BCUT2D eigenvalue weighted by atomic mass is 10.1. The van der Waals surface area contributed by atoms with Crippen molar-refractivity contribution in [1.29, 1.82) is 0 Å². The lowest BCUT2D eigenvalue weighted by Gasteiger charge is -2.09. The molecule has 5 aromatic rings. The van der Waals surface area contributed by atoms with Crippen molar-refractivity contribution in [2.75, 3.05) is 14.2 Å². The van der Waals surface area contributed by atoms with Gasteiger partial charge in [0.2, 0.25) is 0 Å². The minimum Gasteiger partial charge on any atom is -0.493 e. The van der Waals surface area contributed by atoms with Gasteiger partial charge in [-0.1, -0.05) is 35.5 Å². The first-order valence-corrected chi connectivity index (χ1v) is 11.6. The Labute approximate surface area is 209 Å². The quantitative estimate of drug-likeness (QED) is 0.234. The predicted octanol–water partition coefficient (Wildman–Crippen LogP) is 4.70. The van der Waals surface area contributed by atoms with E-state index >= 15 is 0 Å². The molecular formula is C27H28N6O3. The van der Waals surface area contributed by atoms with Crippen LogP contribution in [-0.2, 0) is 18.0 Å². The number of aryl methyl sites for hydroxylation is 1. The Morgan fingerprint density at radius 3 is 2.50 bits per heavy atom. The summed E-state index contributed by atoms with van der Waals surface area (Å²) < 4.78 is 14.6. The molecule has 0 radical (unpaired) electrons. The molecule has 0 aliphatic rings. The van der Waals surface area contributed by atoms with Crippen molar-refractivity contribution in [3.63, 3.8) is 0 Å². The molecule has 5 rings (SSSR count). The molecule has 0 unspecified atom stereocenters. The molecule has 9 heteroatoms. The first-order valence-electron chi connectivity index (χ1n) is 11.6. The zero-order chi connectivity index (χ0) is 25.2. The van der Waals surface area contributed by atoms with Crippen molar-refractivity contribution < 1.29 is 14.3 Å². The van der Waals surface area contributed by atoms with Crippen molar-refractivity contribution >= 4 is 22.4 Å². The second-order valence-corrected chi connectivity index (χ2v) is 8.54. The number of fused-ring (bicyclic) bond motifs is 3. The van der Waals surface area contributed by atoms with Gasteiger partial charge >= 0.3 is 0 Å². The van der Waals surface area contributed by atoms with Crippen molar-refractivity contribution in [1.82, 2.24) is 24.1 Å². The van der Waals surface area contributed by atoms with Crippen LogP contribution in [0.3, 0.4) is 0 Å². The smallest absolute Gasteiger partial charge is 0.192 e. The van der Waals surface area contributed by atoms with Gasteiger partial charge in [-0.3, -0.25) is 0 Å². The molecular weight excluding hydrogens is 456 g/mol. The van der Waals surface area contributed by atoms with E-state index in [1.807, 2.05) is 31.2 Å². The summed E-state index contributed by atoms with van der Waals surface area (Å²) in [5.74, 6) is 1.82. The summed E-state index contributed by atoms with van der Waals surface area (Å²) >= 11 is 0. The molecule has 0 bridgehead atoms. The van der Waals surface area contributed by atoms with E-state index in [2.05, 4.69) is 52.9 Å². The minimum absolute atomic E-state index is 0.135. The highest BCUT2D eigenvalue weighted by Gasteiger charge is 2.18. The summed E-state index contributed by atoms with van der Waals surface area (Å²) in [4.78, 5) is 15.1. The standard InChI is InChI=1S/C27H28N6O3/c1-17-19(3)32(14-20-9-7-6-8-10-20)26-25(17)27-29-24(30-33(27)16-28-26)15-36-31-18(2)21-11-12-22(34-4)23(13-21)35-5/h6-13,16H,14-15H2,1-5H3/b31-18-. The van der Waals surface area contributed by atoms with Crippen LogP contribution < -0.4 is 9.47 Å². The predicted molar refractivity (Wildman–Crippen MR) is 138 cm³/mol. The van der Waals surface area contributed by atoms with E-state index in [4.69, 9.17) is 24.3 Å². The average molecular weight is 485 g/mol. The number of oxime groups is 1. The Morgan fingerprint density at radius 2 is 1.75 bits per heavy atom. The molecule has 2 aromatic carbocycles. The second kappa shape index (κ2) is 9.69. The molecule has 0 fully saturated rings. The fourth-order valence-electron chi connectivity index (χ4n) is 4.30. The number of ether oxygens (including phenoxy) is 2. The maximum absolute atomic E-state index is 5.60. The third-order valence-corrected chi connectivity index (χ3v) is 6.37. The monoisotopic (exact) mass is 484 g/mol. The molecule has 0 N–H and O–H groups in total. The van der Waals surface area contributed by atoms with Gasteiger partial charge in [0.15, 0.2) is 29.6 Å². The molecule has 0 saturated heterocycles. The lowest BCUT2D eigenvalue weighted by Crippen LogP contribution is -2.03. The topological polar surface area (TPSA) is 88.1 Å². The van der Waals surface area contributed by atoms with Crippen LogP contribution in [0.2, 0.25) is 0 Å². The third kappa shape index (κ3) is 4.24. The largest absolute Gasteiger partial charge is 0.493 e. The zero-order valence-corrected chi connectivity index (χ0v) is 21.0. The Hall–Kier alpha value is -4.40. The van der Waals surface area contributed by atoms with Gasteiger partial charge < -0.3 is 18.9 Å². The highest BCUT2D eigenvalue weighted by atomic mass is 16.6. The Bertz CT molecular complexity index is 1570. The van der Waals surface area contributed by atoms with E-state index in [-0.39, 0.29) is 6.61 Å². The van der Waals surface area contributed by atoms with Crippen molar-refractivity contribution in [2.24, 2.45) is 5.16 Å². The number of rotatable bonds is 8. The molecule has 36 heavy (non-hydrogen) atoms. The lowest BCUT2D eigenvalue weighted by molar-refractivity contribution is 0.125. The molecule has 0 saturated carbocycles. The molecule has 184 valence electrons. The highest BCUT2D eigenvalue weighted by molar-refractivity contribution is 5.99. The molecule has 3 heterocycles. The Kier molecular flexibility index (Phi) is 6.28. The second-order valence-electron chi connectivity index (χ2n) is 8.54. The van der Waals surface area contributed by atoms with Gasteiger partial charge in [0.25, 0.3) is 0 Å². The van der Waals surface area contributed by atoms with Crippen molar-refractivity contribution in [3.05, 3.63) is 83.1 Å². The number of benzene rings is 2. The fourth-order valence-corrected chi connectivity index (χ4v) is 4.30. The number of hydrogen-bond acceptors (Lipinski definition) is 7. The van der Waals surface area contributed by atoms with Gasteiger partial charge in [-0.05, 0) is 50.1 Å². The van der Waals surface area contributed by atoms with E-state index in [0.717, 1.165) is 40.0 Å². The first kappa shape index (κ1) is 23.3. The molecule has 3 aromatic heterocycles. The van der Waals surface area contributed by atoms with E-state index in [9.17, 15) is 0 Å². The van der Waals surface area contributed by atoms with Crippen LogP contribution in [0, 0.1) is 13.8 Å². The van der Waals surface area contributed by atoms with E-state index in [1.165, 1.54) is 5.56 Å². The molecule has 0 aliphatic carbocycles. The summed E-state index contributed by atoms with van der Waals surface area (Å²) in [5, 5.41) is 9.79. The molecule has 0 amide bonds. The SMILES string of the molecule is COc1ccc(/C(C)=N\OCc2nc3c4c(C)c(C)n(Cc5ccccc5)c4ncn3n2)cc1OC. The number of methoxy groups -OCH3 is 2. The summed E-state index contributed by atoms with van der Waals surface area (Å²) in [5.41, 5.74) is 6.74. The zero-order valence-electron chi connectivity index (χ0n) is 21.0. The highest BCUT2D eigenvalue weighted by Crippen LogP contribution is 2.29. The summed E-state index contributed by atoms with van der Waals surface area (Å²) in [7, 11) is 3.21. The van der Waals surface area contributed by atoms with Crippen LogP contribution in [0.5, 0.6) is 11.5 Å². The van der Waals surface area contributed by atoms with E-state index < -0.39 is 0 Å². The van der Waals surface area contributed by atoms with Gasteiger partial charge in [0.05, 0.1) is 25.3 Å². The van der Waals surface area contributed by atoms with Crippen LogP contribution in [0.4, 0.5) is 0 Å². The van der Waals surface area contributed by atoms with Crippen molar-refractivity contribution in [2.45, 2.75) is 33.9 Å².